The van der Waals surface area contributed by atoms with Gasteiger partial charge in [-0.2, -0.15) is 0 Å². The Morgan fingerprint density at radius 2 is 1.62 bits per heavy atom. The Kier molecular flexibility index (Phi) is 10.4. The molecule has 7 nitrogen and oxygen atoms in total. The molecule has 3 aliphatic heterocycles. The molecule has 7 heteroatoms. The summed E-state index contributed by atoms with van der Waals surface area (Å²) in [5.41, 5.74) is 0.549. The van der Waals surface area contributed by atoms with Crippen LogP contribution in [0.1, 0.15) is 108 Å². The zero-order chi connectivity index (χ0) is 26.3. The molecular formula is C30H46O7. The van der Waals surface area contributed by atoms with Crippen LogP contribution in [0.15, 0.2) is 30.3 Å². The van der Waals surface area contributed by atoms with Crippen molar-refractivity contribution in [1.29, 1.82) is 0 Å². The number of fused-ring (bicyclic) bond motifs is 1. The largest absolute Gasteiger partial charge is 0.456 e. The first-order chi connectivity index (χ1) is 17.9. The second kappa shape index (κ2) is 13.5. The predicted octanol–water partition coefficient (Wildman–Crippen LogP) is 5.92. The highest BCUT2D eigenvalue weighted by molar-refractivity contribution is 5.89. The van der Waals surface area contributed by atoms with Gasteiger partial charge < -0.3 is 28.8 Å². The first-order valence-electron chi connectivity index (χ1n) is 14.5. The second-order valence-corrected chi connectivity index (χ2v) is 11.3. The number of carbonyl (C=O) groups is 1. The van der Waals surface area contributed by atoms with E-state index in [0.717, 1.165) is 32.1 Å². The fourth-order valence-electron chi connectivity index (χ4n) is 5.78. The predicted molar refractivity (Wildman–Crippen MR) is 140 cm³/mol. The van der Waals surface area contributed by atoms with Crippen molar-refractivity contribution in [3.63, 3.8) is 0 Å². The Hall–Kier alpha value is -1.51. The van der Waals surface area contributed by atoms with Crippen LogP contribution >= 0.6 is 0 Å². The number of hydrogen-bond acceptors (Lipinski definition) is 7. The van der Waals surface area contributed by atoms with Crippen LogP contribution in [0.5, 0.6) is 0 Å². The van der Waals surface area contributed by atoms with Gasteiger partial charge in [-0.05, 0) is 51.7 Å². The molecule has 3 heterocycles. The number of unbranched alkanes of at least 4 members (excludes halogenated alkanes) is 8. The minimum Gasteiger partial charge on any atom is -0.456 e. The number of esters is 1. The Bertz CT molecular complexity index is 828. The summed E-state index contributed by atoms with van der Waals surface area (Å²) in [6.07, 6.45) is 10.1. The molecule has 0 saturated carbocycles. The van der Waals surface area contributed by atoms with Crippen molar-refractivity contribution in [1.82, 2.24) is 0 Å². The van der Waals surface area contributed by atoms with Gasteiger partial charge in [0.15, 0.2) is 12.1 Å². The molecule has 1 aromatic rings. The zero-order valence-electron chi connectivity index (χ0n) is 22.8. The van der Waals surface area contributed by atoms with E-state index in [9.17, 15) is 9.90 Å². The molecule has 37 heavy (non-hydrogen) atoms. The van der Waals surface area contributed by atoms with Gasteiger partial charge in [-0.3, -0.25) is 0 Å². The third-order valence-electron chi connectivity index (χ3n) is 7.78. The molecule has 0 aliphatic carbocycles. The van der Waals surface area contributed by atoms with E-state index in [1.807, 2.05) is 32.0 Å². The van der Waals surface area contributed by atoms with Crippen LogP contribution in [0.3, 0.4) is 0 Å². The summed E-state index contributed by atoms with van der Waals surface area (Å²) in [4.78, 5) is 12.9. The van der Waals surface area contributed by atoms with Crippen molar-refractivity contribution in [2.75, 3.05) is 0 Å². The number of aliphatic hydroxyl groups is 1. The lowest BCUT2D eigenvalue weighted by molar-refractivity contribution is -0.229. The van der Waals surface area contributed by atoms with Crippen LogP contribution in [-0.2, 0) is 23.7 Å². The lowest BCUT2D eigenvalue weighted by Crippen LogP contribution is -2.42. The van der Waals surface area contributed by atoms with E-state index in [-0.39, 0.29) is 24.3 Å². The number of rotatable bonds is 14. The van der Waals surface area contributed by atoms with Crippen LogP contribution in [0, 0.1) is 0 Å². The van der Waals surface area contributed by atoms with E-state index in [4.69, 9.17) is 23.7 Å². The summed E-state index contributed by atoms with van der Waals surface area (Å²) < 4.78 is 30.1. The molecule has 0 amide bonds. The lowest BCUT2D eigenvalue weighted by Gasteiger charge is -2.28. The van der Waals surface area contributed by atoms with Crippen LogP contribution < -0.4 is 0 Å². The van der Waals surface area contributed by atoms with E-state index < -0.39 is 30.4 Å². The first-order valence-corrected chi connectivity index (χ1v) is 14.5. The van der Waals surface area contributed by atoms with Gasteiger partial charge in [0, 0.05) is 0 Å². The van der Waals surface area contributed by atoms with Gasteiger partial charge in [0.05, 0.1) is 17.8 Å². The monoisotopic (exact) mass is 518 g/mol. The molecular weight excluding hydrogens is 472 g/mol. The number of ether oxygens (including phenoxy) is 5. The molecule has 1 aromatic carbocycles. The highest BCUT2D eigenvalue weighted by atomic mass is 16.8. The van der Waals surface area contributed by atoms with Gasteiger partial charge >= 0.3 is 5.97 Å². The fourth-order valence-corrected chi connectivity index (χ4v) is 5.78. The SMILES string of the molecule is CCCCCCCCCCC[C@H](OC(=O)c1ccccc1)[C@@H]1CC[C@@H]([C@@H]2O[C@H]3OC(C)(C)O[C@@H]3[C@H]2O)O1. The Morgan fingerprint density at radius 1 is 0.946 bits per heavy atom. The molecule has 0 unspecified atom stereocenters. The molecule has 3 saturated heterocycles. The van der Waals surface area contributed by atoms with Crippen molar-refractivity contribution in [2.24, 2.45) is 0 Å². The molecule has 3 fully saturated rings. The second-order valence-electron chi connectivity index (χ2n) is 11.3. The zero-order valence-corrected chi connectivity index (χ0v) is 22.8. The highest BCUT2D eigenvalue weighted by Gasteiger charge is 2.57. The van der Waals surface area contributed by atoms with E-state index >= 15 is 0 Å². The van der Waals surface area contributed by atoms with E-state index in [0.29, 0.717) is 5.56 Å². The number of benzene rings is 1. The maximum Gasteiger partial charge on any atom is 0.338 e. The first kappa shape index (κ1) is 28.5. The quantitative estimate of drug-likeness (QED) is 0.242. The molecule has 7 atom stereocenters. The summed E-state index contributed by atoms with van der Waals surface area (Å²) >= 11 is 0. The van der Waals surface area contributed by atoms with Crippen LogP contribution in [-0.4, -0.2) is 59.8 Å². The Labute approximate surface area is 222 Å². The van der Waals surface area contributed by atoms with E-state index in [1.165, 1.54) is 44.9 Å². The Morgan fingerprint density at radius 3 is 2.30 bits per heavy atom. The fraction of sp³-hybridized carbons (Fsp3) is 0.767. The maximum absolute atomic E-state index is 12.9. The van der Waals surface area contributed by atoms with E-state index in [1.54, 1.807) is 12.1 Å². The molecule has 4 rings (SSSR count). The van der Waals surface area contributed by atoms with Crippen LogP contribution in [0.4, 0.5) is 0 Å². The smallest absolute Gasteiger partial charge is 0.338 e. The van der Waals surface area contributed by atoms with Gasteiger partial charge in [-0.1, -0.05) is 76.5 Å². The van der Waals surface area contributed by atoms with Crippen molar-refractivity contribution >= 4 is 5.97 Å². The normalized spacial score (nSPS) is 31.4. The summed E-state index contributed by atoms with van der Waals surface area (Å²) in [6, 6.07) is 9.13. The lowest BCUT2D eigenvalue weighted by atomic mass is 10.00. The summed E-state index contributed by atoms with van der Waals surface area (Å²) in [5, 5.41) is 10.9. The highest BCUT2D eigenvalue weighted by Crippen LogP contribution is 2.41. The van der Waals surface area contributed by atoms with Gasteiger partial charge in [-0.25, -0.2) is 4.79 Å². The van der Waals surface area contributed by atoms with Crippen LogP contribution in [0.25, 0.3) is 0 Å². The van der Waals surface area contributed by atoms with Crippen molar-refractivity contribution < 1.29 is 33.6 Å². The van der Waals surface area contributed by atoms with Gasteiger partial charge in [0.1, 0.15) is 24.4 Å². The third kappa shape index (κ3) is 7.76. The molecule has 208 valence electrons. The third-order valence-corrected chi connectivity index (χ3v) is 7.78. The minimum atomic E-state index is -0.821. The standard InChI is InChI=1S/C30H46O7/c1-4-5-6-7-8-9-10-11-15-18-22(34-28(32)21-16-13-12-14-17-21)23-19-20-24(33-23)26-25(31)27-29(35-26)37-30(2,3)36-27/h12-14,16-17,22-27,29,31H,4-11,15,18-20H2,1-3H3/t22-,23-,24-,25-,26-,27+,29-/m0/s1. The summed E-state index contributed by atoms with van der Waals surface area (Å²) in [7, 11) is 0. The van der Waals surface area contributed by atoms with Gasteiger partial charge in [0.25, 0.3) is 0 Å². The molecule has 3 aliphatic rings. The topological polar surface area (TPSA) is 83.5 Å². The molecule has 0 spiro atoms. The summed E-state index contributed by atoms with van der Waals surface area (Å²) in [5.74, 6) is -1.09. The van der Waals surface area contributed by atoms with Crippen LogP contribution in [0.2, 0.25) is 0 Å². The van der Waals surface area contributed by atoms with Crippen molar-refractivity contribution in [3.05, 3.63) is 35.9 Å². The van der Waals surface area contributed by atoms with Crippen molar-refractivity contribution in [3.8, 4) is 0 Å². The molecule has 0 radical (unpaired) electrons. The summed E-state index contributed by atoms with van der Waals surface area (Å²) in [6.45, 7) is 5.88. The number of carbonyl (C=O) groups excluding carboxylic acids is 1. The van der Waals surface area contributed by atoms with Crippen molar-refractivity contribution in [2.45, 2.75) is 147 Å². The molecule has 1 N–H and O–H groups in total. The average Bonchev–Trinajstić information content (AvgIpc) is 3.56. The molecule has 0 aromatic heterocycles. The number of aliphatic hydroxyl groups excluding tert-OH is 1. The average molecular weight is 519 g/mol. The van der Waals surface area contributed by atoms with E-state index in [2.05, 4.69) is 6.92 Å². The maximum atomic E-state index is 12.9. The van der Waals surface area contributed by atoms with Gasteiger partial charge in [-0.15, -0.1) is 0 Å². The minimum absolute atomic E-state index is 0.221. The van der Waals surface area contributed by atoms with Gasteiger partial charge in [0.2, 0.25) is 0 Å². The molecule has 0 bridgehead atoms. The Balaban J connectivity index is 1.28. The number of hydrogen-bond donors (Lipinski definition) is 1.